The van der Waals surface area contributed by atoms with E-state index in [1.165, 1.54) is 0 Å². The van der Waals surface area contributed by atoms with Gasteiger partial charge in [0, 0.05) is 24.8 Å². The zero-order valence-corrected chi connectivity index (χ0v) is 15.8. The van der Waals surface area contributed by atoms with Crippen molar-refractivity contribution in [2.24, 2.45) is 5.92 Å². The summed E-state index contributed by atoms with van der Waals surface area (Å²) in [7, 11) is 4.17. The van der Waals surface area contributed by atoms with Gasteiger partial charge in [-0.15, -0.1) is 0 Å². The smallest absolute Gasteiger partial charge is 0.289 e. The van der Waals surface area contributed by atoms with Crippen LogP contribution in [0.15, 0.2) is 22.6 Å². The molecule has 1 fully saturated rings. The first kappa shape index (κ1) is 17.7. The van der Waals surface area contributed by atoms with Crippen LogP contribution in [-0.2, 0) is 6.54 Å². The number of hydrogen-bond acceptors (Lipinski definition) is 4. The van der Waals surface area contributed by atoms with Crippen molar-refractivity contribution < 1.29 is 9.21 Å². The second kappa shape index (κ2) is 7.04. The van der Waals surface area contributed by atoms with Crippen molar-refractivity contribution >= 4 is 5.91 Å². The molecule has 0 unspecified atom stereocenters. The molecule has 3 heterocycles. The number of rotatable bonds is 5. The monoisotopic (exact) mass is 344 g/mol. The number of aromatic nitrogens is 2. The van der Waals surface area contributed by atoms with Crippen molar-refractivity contribution in [3.63, 3.8) is 0 Å². The van der Waals surface area contributed by atoms with Gasteiger partial charge < -0.3 is 14.2 Å². The van der Waals surface area contributed by atoms with E-state index in [1.807, 2.05) is 35.6 Å². The molecular formula is C19H28N4O2. The van der Waals surface area contributed by atoms with Crippen molar-refractivity contribution in [3.8, 4) is 0 Å². The first-order valence-electron chi connectivity index (χ1n) is 8.94. The van der Waals surface area contributed by atoms with E-state index in [0.717, 1.165) is 36.7 Å². The average Bonchev–Trinajstić information content (AvgIpc) is 3.26. The predicted octanol–water partition coefficient (Wildman–Crippen LogP) is 2.55. The van der Waals surface area contributed by atoms with E-state index in [1.54, 1.807) is 6.07 Å². The number of carbonyl (C=O) groups is 1. The molecule has 2 aromatic heterocycles. The number of furan rings is 1. The highest BCUT2D eigenvalue weighted by Gasteiger charge is 2.36. The maximum Gasteiger partial charge on any atom is 0.289 e. The van der Waals surface area contributed by atoms with Gasteiger partial charge in [-0.05, 0) is 52.1 Å². The van der Waals surface area contributed by atoms with Gasteiger partial charge in [0.2, 0.25) is 0 Å². The highest BCUT2D eigenvalue weighted by molar-refractivity contribution is 5.91. The van der Waals surface area contributed by atoms with E-state index in [9.17, 15) is 4.79 Å². The molecule has 136 valence electrons. The fourth-order valence-corrected chi connectivity index (χ4v) is 3.72. The Morgan fingerprint density at radius 3 is 2.64 bits per heavy atom. The highest BCUT2D eigenvalue weighted by atomic mass is 16.4. The van der Waals surface area contributed by atoms with Crippen molar-refractivity contribution in [1.29, 1.82) is 0 Å². The summed E-state index contributed by atoms with van der Waals surface area (Å²) in [6.07, 6.45) is 1.08. The Balaban J connectivity index is 1.70. The number of amides is 1. The molecule has 0 spiro atoms. The maximum absolute atomic E-state index is 12.8. The van der Waals surface area contributed by atoms with Crippen LogP contribution in [0.4, 0.5) is 0 Å². The van der Waals surface area contributed by atoms with Crippen molar-refractivity contribution in [2.45, 2.75) is 39.8 Å². The quantitative estimate of drug-likeness (QED) is 0.836. The molecule has 6 nitrogen and oxygen atoms in total. The van der Waals surface area contributed by atoms with Crippen LogP contribution in [0.5, 0.6) is 0 Å². The molecule has 0 N–H and O–H groups in total. The number of nitrogens with zero attached hydrogens (tertiary/aromatic N) is 4. The fraction of sp³-hybridized carbons (Fsp3) is 0.579. The predicted molar refractivity (Wildman–Crippen MR) is 96.7 cm³/mol. The zero-order chi connectivity index (χ0) is 18.1. The van der Waals surface area contributed by atoms with Gasteiger partial charge in [0.15, 0.2) is 5.76 Å². The van der Waals surface area contributed by atoms with Crippen LogP contribution < -0.4 is 0 Å². The Morgan fingerprint density at radius 2 is 2.08 bits per heavy atom. The van der Waals surface area contributed by atoms with E-state index >= 15 is 0 Å². The lowest BCUT2D eigenvalue weighted by Crippen LogP contribution is -2.36. The molecule has 0 bridgehead atoms. The van der Waals surface area contributed by atoms with Gasteiger partial charge in [-0.2, -0.15) is 5.10 Å². The lowest BCUT2D eigenvalue weighted by Gasteiger charge is -2.23. The molecule has 0 aliphatic carbocycles. The normalized spacial score (nSPS) is 20.6. The minimum atomic E-state index is -0.0117. The average molecular weight is 344 g/mol. The molecule has 6 heteroatoms. The van der Waals surface area contributed by atoms with Gasteiger partial charge in [-0.1, -0.05) is 13.3 Å². The molecule has 1 aliphatic heterocycles. The molecule has 0 radical (unpaired) electrons. The molecular weight excluding hydrogens is 316 g/mol. The third kappa shape index (κ3) is 3.63. The third-order valence-corrected chi connectivity index (χ3v) is 5.16. The van der Waals surface area contributed by atoms with Crippen molar-refractivity contribution in [2.75, 3.05) is 27.2 Å². The van der Waals surface area contributed by atoms with Crippen LogP contribution in [0, 0.1) is 19.8 Å². The van der Waals surface area contributed by atoms with Gasteiger partial charge in [-0.3, -0.25) is 9.48 Å². The summed E-state index contributed by atoms with van der Waals surface area (Å²) in [4.78, 5) is 16.9. The third-order valence-electron chi connectivity index (χ3n) is 5.16. The zero-order valence-electron chi connectivity index (χ0n) is 15.8. The second-order valence-corrected chi connectivity index (χ2v) is 7.26. The lowest BCUT2D eigenvalue weighted by molar-refractivity contribution is 0.0747. The largest absolute Gasteiger partial charge is 0.454 e. The van der Waals surface area contributed by atoms with E-state index in [0.29, 0.717) is 24.3 Å². The molecule has 1 amide bonds. The lowest BCUT2D eigenvalue weighted by atomic mass is 10.0. The van der Waals surface area contributed by atoms with Gasteiger partial charge >= 0.3 is 0 Å². The number of carbonyl (C=O) groups excluding carboxylic acids is 1. The summed E-state index contributed by atoms with van der Waals surface area (Å²) in [5.41, 5.74) is 2.07. The number of hydrogen-bond donors (Lipinski definition) is 0. The van der Waals surface area contributed by atoms with Gasteiger partial charge in [0.05, 0.1) is 12.2 Å². The highest BCUT2D eigenvalue weighted by Crippen LogP contribution is 2.25. The van der Waals surface area contributed by atoms with Crippen LogP contribution in [0.1, 0.15) is 41.0 Å². The van der Waals surface area contributed by atoms with Gasteiger partial charge in [0.1, 0.15) is 5.76 Å². The molecule has 1 saturated heterocycles. The minimum absolute atomic E-state index is 0.0117. The van der Waals surface area contributed by atoms with E-state index in [-0.39, 0.29) is 5.91 Å². The van der Waals surface area contributed by atoms with E-state index in [4.69, 9.17) is 4.42 Å². The number of aryl methyl sites for hydroxylation is 2. The topological polar surface area (TPSA) is 54.5 Å². The molecule has 25 heavy (non-hydrogen) atoms. The Bertz CT molecular complexity index is 746. The summed E-state index contributed by atoms with van der Waals surface area (Å²) < 4.78 is 7.72. The van der Waals surface area contributed by atoms with Crippen molar-refractivity contribution in [1.82, 2.24) is 19.6 Å². The summed E-state index contributed by atoms with van der Waals surface area (Å²) in [6.45, 7) is 8.29. The fourth-order valence-electron chi connectivity index (χ4n) is 3.72. The number of likely N-dealkylation sites (tertiary alicyclic amines) is 1. The Labute approximate surface area is 149 Å². The Morgan fingerprint density at radius 1 is 1.32 bits per heavy atom. The molecule has 2 aromatic rings. The van der Waals surface area contributed by atoms with Gasteiger partial charge in [-0.25, -0.2) is 0 Å². The molecule has 1 aliphatic rings. The standard InChI is InChI=1S/C19H28N4O2/c1-6-15-10-22(12-17(15)21(4)5)19(24)18-8-7-16(25-18)11-23-14(3)9-13(2)20-23/h7-9,15,17H,6,10-12H2,1-5H3/t15-,17+/m0/s1. The first-order valence-corrected chi connectivity index (χ1v) is 8.94. The van der Waals surface area contributed by atoms with Crippen LogP contribution >= 0.6 is 0 Å². The molecule has 0 saturated carbocycles. The Hall–Kier alpha value is -2.08. The van der Waals surface area contributed by atoms with Crippen LogP contribution in [0.3, 0.4) is 0 Å². The van der Waals surface area contributed by atoms with Crippen LogP contribution in [0.2, 0.25) is 0 Å². The van der Waals surface area contributed by atoms with Gasteiger partial charge in [0.25, 0.3) is 5.91 Å². The minimum Gasteiger partial charge on any atom is -0.454 e. The van der Waals surface area contributed by atoms with Crippen LogP contribution in [0.25, 0.3) is 0 Å². The summed E-state index contributed by atoms with van der Waals surface area (Å²) in [5, 5.41) is 4.44. The van der Waals surface area contributed by atoms with Crippen molar-refractivity contribution in [3.05, 3.63) is 41.1 Å². The SMILES string of the molecule is CC[C@H]1CN(C(=O)c2ccc(Cn3nc(C)cc3C)o2)C[C@H]1N(C)C. The van der Waals surface area contributed by atoms with E-state index < -0.39 is 0 Å². The molecule has 0 aromatic carbocycles. The summed E-state index contributed by atoms with van der Waals surface area (Å²) >= 11 is 0. The molecule has 2 atom stereocenters. The van der Waals surface area contributed by atoms with Crippen LogP contribution in [-0.4, -0.2) is 58.7 Å². The molecule has 3 rings (SSSR count). The summed E-state index contributed by atoms with van der Waals surface area (Å²) in [5.74, 6) is 1.68. The Kier molecular flexibility index (Phi) is 4.99. The number of likely N-dealkylation sites (N-methyl/N-ethyl adjacent to an activating group) is 1. The second-order valence-electron chi connectivity index (χ2n) is 7.26. The first-order chi connectivity index (χ1) is 11.9. The maximum atomic E-state index is 12.8. The van der Waals surface area contributed by atoms with E-state index in [2.05, 4.69) is 31.0 Å². The summed E-state index contributed by atoms with van der Waals surface area (Å²) in [6, 6.07) is 6.11.